The molecule has 0 atom stereocenters. The summed E-state index contributed by atoms with van der Waals surface area (Å²) in [7, 11) is -2.21. The molecule has 0 aliphatic rings. The Bertz CT molecular complexity index is 586. The minimum Gasteiger partial charge on any atom is -0.364 e. The predicted molar refractivity (Wildman–Crippen MR) is 59.2 cm³/mol. The maximum absolute atomic E-state index is 11.9. The molecule has 10 heteroatoms. The maximum Gasteiger partial charge on any atom is 0.260 e. The highest BCUT2D eigenvalue weighted by atomic mass is 79.9. The molecule has 1 N–H and O–H groups in total. The molecule has 0 bridgehead atoms. The first-order chi connectivity index (χ1) is 8.00. The second kappa shape index (κ2) is 4.55. The van der Waals surface area contributed by atoms with E-state index in [4.69, 9.17) is 0 Å². The first-order valence-corrected chi connectivity index (χ1v) is 6.72. The van der Waals surface area contributed by atoms with Crippen molar-refractivity contribution >= 4 is 26.0 Å². The van der Waals surface area contributed by atoms with E-state index in [1.165, 1.54) is 13.3 Å². The van der Waals surface area contributed by atoms with Gasteiger partial charge in [0.1, 0.15) is 6.26 Å². The second-order valence-electron chi connectivity index (χ2n) is 3.12. The van der Waals surface area contributed by atoms with Gasteiger partial charge in [-0.2, -0.15) is 0 Å². The first-order valence-electron chi connectivity index (χ1n) is 4.45. The van der Waals surface area contributed by atoms with E-state index < -0.39 is 10.0 Å². The number of sulfonamides is 1. The summed E-state index contributed by atoms with van der Waals surface area (Å²) in [6.45, 7) is 0.0381. The summed E-state index contributed by atoms with van der Waals surface area (Å²) in [4.78, 5) is 0. The summed E-state index contributed by atoms with van der Waals surface area (Å²) in [5, 5.41) is 10.8. The molecule has 0 aliphatic heterocycles. The van der Waals surface area contributed by atoms with Crippen LogP contribution >= 0.6 is 15.9 Å². The van der Waals surface area contributed by atoms with Gasteiger partial charge in [-0.15, -0.1) is 5.10 Å². The lowest BCUT2D eigenvalue weighted by atomic mass is 10.5. The van der Waals surface area contributed by atoms with Gasteiger partial charge in [0.05, 0.1) is 12.2 Å². The Morgan fingerprint density at radius 3 is 2.88 bits per heavy atom. The van der Waals surface area contributed by atoms with E-state index in [1.807, 2.05) is 0 Å². The Balaban J connectivity index is 2.20. The molecule has 0 aromatic carbocycles. The fourth-order valence-corrected chi connectivity index (χ4v) is 3.26. The Morgan fingerprint density at radius 1 is 1.59 bits per heavy atom. The van der Waals surface area contributed by atoms with Crippen LogP contribution in [0.15, 0.2) is 26.5 Å². The largest absolute Gasteiger partial charge is 0.364 e. The van der Waals surface area contributed by atoms with Gasteiger partial charge in [0.25, 0.3) is 10.0 Å². The summed E-state index contributed by atoms with van der Waals surface area (Å²) in [5.41, 5.74) is 0.486. The topological polar surface area (TPSA) is 103 Å². The van der Waals surface area contributed by atoms with E-state index >= 15 is 0 Å². The molecule has 0 saturated carbocycles. The van der Waals surface area contributed by atoms with Gasteiger partial charge in [0, 0.05) is 13.1 Å². The van der Waals surface area contributed by atoms with Crippen LogP contribution in [0.5, 0.6) is 0 Å². The van der Waals surface area contributed by atoms with Crippen molar-refractivity contribution in [2.24, 2.45) is 7.05 Å². The molecular formula is C7H8BrN5O3S. The quantitative estimate of drug-likeness (QED) is 0.853. The van der Waals surface area contributed by atoms with E-state index in [1.54, 1.807) is 6.07 Å². The molecule has 0 radical (unpaired) electrons. The average Bonchev–Trinajstić information content (AvgIpc) is 2.86. The minimum absolute atomic E-state index is 0.0381. The zero-order chi connectivity index (χ0) is 12.5. The minimum atomic E-state index is -3.69. The van der Waals surface area contributed by atoms with E-state index in [2.05, 4.69) is 40.6 Å². The third-order valence-corrected chi connectivity index (χ3v) is 4.21. The molecule has 0 fully saturated rings. The highest BCUT2D eigenvalue weighted by Crippen LogP contribution is 2.17. The van der Waals surface area contributed by atoms with Crippen LogP contribution in [0.1, 0.15) is 5.69 Å². The van der Waals surface area contributed by atoms with Crippen molar-refractivity contribution in [1.29, 1.82) is 0 Å². The molecule has 0 unspecified atom stereocenters. The van der Waals surface area contributed by atoms with Gasteiger partial charge in [-0.3, -0.25) is 0 Å². The van der Waals surface area contributed by atoms with Crippen molar-refractivity contribution in [3.63, 3.8) is 0 Å². The average molecular weight is 322 g/mol. The summed E-state index contributed by atoms with van der Waals surface area (Å²) in [5.74, 6) is 0. The van der Waals surface area contributed by atoms with Gasteiger partial charge in [-0.25, -0.2) is 17.8 Å². The monoisotopic (exact) mass is 321 g/mol. The molecule has 2 rings (SSSR count). The molecule has 8 nitrogen and oxygen atoms in total. The zero-order valence-electron chi connectivity index (χ0n) is 8.66. The molecule has 2 heterocycles. The maximum atomic E-state index is 11.9. The van der Waals surface area contributed by atoms with Crippen LogP contribution in [0.25, 0.3) is 0 Å². The van der Waals surface area contributed by atoms with Crippen molar-refractivity contribution < 1.29 is 12.9 Å². The molecule has 0 aliphatic carbocycles. The number of nitrogens with one attached hydrogen (secondary N) is 1. The van der Waals surface area contributed by atoms with Crippen LogP contribution in [0.2, 0.25) is 0 Å². The van der Waals surface area contributed by atoms with Crippen LogP contribution in [-0.2, 0) is 23.6 Å². The van der Waals surface area contributed by atoms with Crippen LogP contribution in [0.4, 0.5) is 0 Å². The van der Waals surface area contributed by atoms with Gasteiger partial charge in [-0.05, 0) is 15.9 Å². The lowest BCUT2D eigenvalue weighted by molar-refractivity contribution is 0.410. The van der Waals surface area contributed by atoms with Crippen molar-refractivity contribution in [2.75, 3.05) is 0 Å². The fraction of sp³-hybridized carbons (Fsp3) is 0.286. The zero-order valence-corrected chi connectivity index (χ0v) is 11.1. The molecule has 17 heavy (non-hydrogen) atoms. The third kappa shape index (κ3) is 2.53. The molecule has 0 saturated heterocycles. The second-order valence-corrected chi connectivity index (χ2v) is 5.56. The van der Waals surface area contributed by atoms with Crippen LogP contribution in [0, 0.1) is 0 Å². The Kier molecular flexibility index (Phi) is 3.26. The van der Waals surface area contributed by atoms with E-state index in [9.17, 15) is 8.42 Å². The summed E-state index contributed by atoms with van der Waals surface area (Å²) in [6, 6.07) is 1.57. The van der Waals surface area contributed by atoms with Crippen molar-refractivity contribution in [3.05, 3.63) is 22.6 Å². The number of halogens is 1. The SMILES string of the molecule is Cn1nnc(Br)c1S(=O)(=O)NCc1ccon1. The molecule has 2 aromatic rings. The van der Waals surface area contributed by atoms with E-state index in [0.29, 0.717) is 5.69 Å². The van der Waals surface area contributed by atoms with E-state index in [0.717, 1.165) is 4.68 Å². The lowest BCUT2D eigenvalue weighted by Crippen LogP contribution is -2.25. The van der Waals surface area contributed by atoms with Gasteiger partial charge < -0.3 is 4.52 Å². The molecule has 0 amide bonds. The van der Waals surface area contributed by atoms with Gasteiger partial charge in [0.15, 0.2) is 4.60 Å². The highest BCUT2D eigenvalue weighted by Gasteiger charge is 2.23. The molecule has 0 spiro atoms. The van der Waals surface area contributed by atoms with Gasteiger partial charge in [-0.1, -0.05) is 10.4 Å². The molecular weight excluding hydrogens is 314 g/mol. The Labute approximate surface area is 105 Å². The normalized spacial score (nSPS) is 11.9. The van der Waals surface area contributed by atoms with Gasteiger partial charge in [0.2, 0.25) is 5.03 Å². The molecule has 92 valence electrons. The lowest BCUT2D eigenvalue weighted by Gasteiger charge is -2.04. The summed E-state index contributed by atoms with van der Waals surface area (Å²) in [6.07, 6.45) is 1.37. The van der Waals surface area contributed by atoms with Crippen molar-refractivity contribution in [1.82, 2.24) is 24.9 Å². The third-order valence-electron chi connectivity index (χ3n) is 1.93. The first kappa shape index (κ1) is 12.2. The molecule has 2 aromatic heterocycles. The summed E-state index contributed by atoms with van der Waals surface area (Å²) >= 11 is 3.02. The standard InChI is InChI=1S/C7H8BrN5O3S/c1-13-7(6(8)10-12-13)17(14,15)9-4-5-2-3-16-11-5/h2-3,9H,4H2,1H3. The van der Waals surface area contributed by atoms with Crippen LogP contribution in [-0.4, -0.2) is 28.6 Å². The smallest absolute Gasteiger partial charge is 0.260 e. The summed E-state index contributed by atoms with van der Waals surface area (Å²) < 4.78 is 32.1. The number of hydrogen-bond acceptors (Lipinski definition) is 6. The predicted octanol–water partition coefficient (Wildman–Crippen LogP) is 0.0441. The number of aromatic nitrogens is 4. The number of hydrogen-bond donors (Lipinski definition) is 1. The van der Waals surface area contributed by atoms with E-state index in [-0.39, 0.29) is 16.2 Å². The highest BCUT2D eigenvalue weighted by molar-refractivity contribution is 9.10. The number of nitrogens with zero attached hydrogens (tertiary/aromatic N) is 4. The Morgan fingerprint density at radius 2 is 2.35 bits per heavy atom. The van der Waals surface area contributed by atoms with Gasteiger partial charge >= 0.3 is 0 Å². The van der Waals surface area contributed by atoms with Crippen LogP contribution in [0.3, 0.4) is 0 Å². The Hall–Kier alpha value is -1.26. The van der Waals surface area contributed by atoms with Crippen molar-refractivity contribution in [3.8, 4) is 0 Å². The van der Waals surface area contributed by atoms with Crippen molar-refractivity contribution in [2.45, 2.75) is 11.6 Å². The van der Waals surface area contributed by atoms with Crippen LogP contribution < -0.4 is 4.72 Å². The number of aryl methyl sites for hydroxylation is 1. The number of rotatable bonds is 4. The fourth-order valence-electron chi connectivity index (χ4n) is 1.17.